The molecule has 1 atom stereocenters. The second-order valence-electron chi connectivity index (χ2n) is 8.25. The lowest BCUT2D eigenvalue weighted by molar-refractivity contribution is -0.154. The van der Waals surface area contributed by atoms with Crippen LogP contribution >= 0.6 is 11.6 Å². The Morgan fingerprint density at radius 2 is 1.65 bits per heavy atom. The van der Waals surface area contributed by atoms with E-state index in [-0.39, 0.29) is 16.9 Å². The highest BCUT2D eigenvalue weighted by atomic mass is 35.5. The van der Waals surface area contributed by atoms with Gasteiger partial charge in [-0.05, 0) is 74.4 Å². The molecule has 0 bridgehead atoms. The molecule has 4 rings (SSSR count). The summed E-state index contributed by atoms with van der Waals surface area (Å²) in [6, 6.07) is 14.7. The number of carbonyl (C=O) groups excluding carboxylic acids is 1. The predicted molar refractivity (Wildman–Crippen MR) is 131 cm³/mol. The van der Waals surface area contributed by atoms with Gasteiger partial charge in [0.25, 0.3) is 5.76 Å². The van der Waals surface area contributed by atoms with Crippen molar-refractivity contribution < 1.29 is 36.6 Å². The minimum absolute atomic E-state index is 0.0948. The van der Waals surface area contributed by atoms with Gasteiger partial charge in [-0.1, -0.05) is 23.7 Å². The Labute approximate surface area is 214 Å². The van der Waals surface area contributed by atoms with Crippen LogP contribution in [0.5, 0.6) is 23.0 Å². The van der Waals surface area contributed by atoms with Gasteiger partial charge < -0.3 is 18.6 Å². The van der Waals surface area contributed by atoms with Gasteiger partial charge in [0.1, 0.15) is 22.8 Å². The van der Waals surface area contributed by atoms with Crippen molar-refractivity contribution in [1.29, 1.82) is 0 Å². The average molecular weight is 533 g/mol. The van der Waals surface area contributed by atoms with Gasteiger partial charge in [0.2, 0.25) is 11.2 Å². The number of halogens is 4. The molecule has 1 aromatic heterocycles. The van der Waals surface area contributed by atoms with Crippen LogP contribution in [-0.4, -0.2) is 12.1 Å². The van der Waals surface area contributed by atoms with Crippen molar-refractivity contribution in [2.24, 2.45) is 0 Å². The van der Waals surface area contributed by atoms with Gasteiger partial charge >= 0.3 is 12.1 Å². The Balaban J connectivity index is 1.65. The topological polar surface area (TPSA) is 75.0 Å². The van der Waals surface area contributed by atoms with E-state index in [4.69, 9.17) is 30.2 Å². The molecule has 0 amide bonds. The van der Waals surface area contributed by atoms with Gasteiger partial charge in [0, 0.05) is 11.1 Å². The molecule has 0 fully saturated rings. The van der Waals surface area contributed by atoms with Crippen LogP contribution in [0.2, 0.25) is 5.02 Å². The van der Waals surface area contributed by atoms with E-state index >= 15 is 0 Å². The average Bonchev–Trinajstić information content (AvgIpc) is 2.83. The highest BCUT2D eigenvalue weighted by Gasteiger charge is 2.40. The van der Waals surface area contributed by atoms with Gasteiger partial charge in [-0.15, -0.1) is 0 Å². The number of hydrogen-bond donors (Lipinski definition) is 0. The minimum Gasteiger partial charge on any atom is -0.479 e. The van der Waals surface area contributed by atoms with Crippen molar-refractivity contribution in [1.82, 2.24) is 0 Å². The number of hydrogen-bond acceptors (Lipinski definition) is 6. The smallest absolute Gasteiger partial charge is 0.453 e. The van der Waals surface area contributed by atoms with Crippen molar-refractivity contribution in [2.45, 2.75) is 33.1 Å². The molecule has 0 aliphatic heterocycles. The van der Waals surface area contributed by atoms with Crippen LogP contribution in [0, 0.1) is 13.8 Å². The first-order chi connectivity index (χ1) is 17.4. The first kappa shape index (κ1) is 26.1. The monoisotopic (exact) mass is 532 g/mol. The van der Waals surface area contributed by atoms with E-state index < -0.39 is 40.8 Å². The summed E-state index contributed by atoms with van der Waals surface area (Å²) in [6.07, 6.45) is -6.09. The summed E-state index contributed by atoms with van der Waals surface area (Å²) in [5.74, 6) is -3.08. The number of rotatable bonds is 6. The van der Waals surface area contributed by atoms with Crippen LogP contribution in [0.15, 0.2) is 69.9 Å². The maximum atomic E-state index is 13.9. The fraction of sp³-hybridized carbons (Fsp3) is 0.185. The van der Waals surface area contributed by atoms with E-state index in [9.17, 15) is 22.8 Å². The molecule has 0 saturated heterocycles. The molecular weight excluding hydrogens is 513 g/mol. The molecule has 10 heteroatoms. The van der Waals surface area contributed by atoms with Crippen LogP contribution in [-0.2, 0) is 11.0 Å². The fourth-order valence-electron chi connectivity index (χ4n) is 3.39. The van der Waals surface area contributed by atoms with Gasteiger partial charge in [-0.3, -0.25) is 4.79 Å². The third kappa shape index (κ3) is 5.89. The Kier molecular flexibility index (Phi) is 7.18. The molecule has 0 saturated carbocycles. The van der Waals surface area contributed by atoms with Crippen molar-refractivity contribution in [3.8, 4) is 23.0 Å². The molecule has 0 aliphatic carbocycles. The summed E-state index contributed by atoms with van der Waals surface area (Å²) in [6.45, 7) is 4.82. The molecular formula is C27H20ClF3O6. The van der Waals surface area contributed by atoms with Crippen molar-refractivity contribution in [3.05, 3.63) is 92.8 Å². The lowest BCUT2D eigenvalue weighted by atomic mass is 10.1. The van der Waals surface area contributed by atoms with E-state index in [0.29, 0.717) is 16.3 Å². The summed E-state index contributed by atoms with van der Waals surface area (Å²) in [4.78, 5) is 25.5. The standard InChI is InChI=1S/C27H20ClF3O6/c1-14-4-5-15(2)21(12-14)36-24-23(32)20-11-10-19(13-22(20)37-25(24)27(29,30)31)35-26(33)16(3)34-18-8-6-17(28)7-9-18/h4-13,16H,1-3H3. The van der Waals surface area contributed by atoms with Crippen molar-refractivity contribution in [2.75, 3.05) is 0 Å². The van der Waals surface area contributed by atoms with Crippen LogP contribution in [0.25, 0.3) is 11.0 Å². The molecule has 0 spiro atoms. The Hall–Kier alpha value is -3.98. The van der Waals surface area contributed by atoms with Gasteiger partial charge in [-0.2, -0.15) is 13.2 Å². The van der Waals surface area contributed by atoms with Gasteiger partial charge in [0.05, 0.1) is 5.39 Å². The number of ether oxygens (including phenoxy) is 3. The zero-order chi connectivity index (χ0) is 26.9. The first-order valence-electron chi connectivity index (χ1n) is 11.0. The molecule has 37 heavy (non-hydrogen) atoms. The molecule has 4 aromatic rings. The lowest BCUT2D eigenvalue weighted by Gasteiger charge is -2.16. The van der Waals surface area contributed by atoms with E-state index in [0.717, 1.165) is 11.6 Å². The summed E-state index contributed by atoms with van der Waals surface area (Å²) in [5.41, 5.74) is -0.176. The Morgan fingerprint density at radius 1 is 0.973 bits per heavy atom. The third-order valence-electron chi connectivity index (χ3n) is 5.31. The van der Waals surface area contributed by atoms with Gasteiger partial charge in [0.15, 0.2) is 6.10 Å². The third-order valence-corrected chi connectivity index (χ3v) is 5.56. The number of fused-ring (bicyclic) bond motifs is 1. The second-order valence-corrected chi connectivity index (χ2v) is 8.69. The summed E-state index contributed by atoms with van der Waals surface area (Å²) < 4.78 is 62.8. The Bertz CT molecular complexity index is 1530. The molecule has 1 heterocycles. The van der Waals surface area contributed by atoms with Crippen molar-refractivity contribution in [3.63, 3.8) is 0 Å². The molecule has 192 valence electrons. The predicted octanol–water partition coefficient (Wildman–Crippen LogP) is 7.25. The van der Waals surface area contributed by atoms with Crippen LogP contribution in [0.3, 0.4) is 0 Å². The highest BCUT2D eigenvalue weighted by Crippen LogP contribution is 2.39. The summed E-state index contributed by atoms with van der Waals surface area (Å²) in [7, 11) is 0. The molecule has 6 nitrogen and oxygen atoms in total. The van der Waals surface area contributed by atoms with E-state index in [1.807, 2.05) is 0 Å². The molecule has 3 aromatic carbocycles. The normalized spacial score (nSPS) is 12.3. The zero-order valence-electron chi connectivity index (χ0n) is 19.8. The fourth-order valence-corrected chi connectivity index (χ4v) is 3.52. The highest BCUT2D eigenvalue weighted by molar-refractivity contribution is 6.30. The number of alkyl halides is 3. The van der Waals surface area contributed by atoms with Crippen LogP contribution in [0.4, 0.5) is 13.2 Å². The SMILES string of the molecule is Cc1ccc(C)c(Oc2c(C(F)(F)F)oc3cc(OC(=O)C(C)Oc4ccc(Cl)cc4)ccc3c2=O)c1. The number of aryl methyl sites for hydroxylation is 2. The maximum Gasteiger partial charge on any atom is 0.453 e. The van der Waals surface area contributed by atoms with E-state index in [1.165, 1.54) is 25.1 Å². The molecule has 0 N–H and O–H groups in total. The molecule has 1 unspecified atom stereocenters. The Morgan fingerprint density at radius 3 is 2.32 bits per heavy atom. The first-order valence-corrected chi connectivity index (χ1v) is 11.4. The van der Waals surface area contributed by atoms with Crippen LogP contribution < -0.4 is 19.6 Å². The number of carbonyl (C=O) groups is 1. The minimum atomic E-state index is -5.03. The zero-order valence-corrected chi connectivity index (χ0v) is 20.6. The molecule has 0 aliphatic rings. The summed E-state index contributed by atoms with van der Waals surface area (Å²) in [5, 5.41) is 0.305. The largest absolute Gasteiger partial charge is 0.479 e. The number of esters is 1. The van der Waals surface area contributed by atoms with Crippen molar-refractivity contribution >= 4 is 28.5 Å². The summed E-state index contributed by atoms with van der Waals surface area (Å²) >= 11 is 5.82. The maximum absolute atomic E-state index is 13.9. The van der Waals surface area contributed by atoms with Crippen LogP contribution in [0.1, 0.15) is 23.8 Å². The van der Waals surface area contributed by atoms with E-state index in [2.05, 4.69) is 0 Å². The number of benzene rings is 3. The van der Waals surface area contributed by atoms with Gasteiger partial charge in [-0.25, -0.2) is 4.79 Å². The lowest BCUT2D eigenvalue weighted by Crippen LogP contribution is -2.28. The van der Waals surface area contributed by atoms with E-state index in [1.54, 1.807) is 50.2 Å². The second kappa shape index (κ2) is 10.2. The molecule has 0 radical (unpaired) electrons. The quantitative estimate of drug-likeness (QED) is 0.192.